The van der Waals surface area contributed by atoms with Gasteiger partial charge in [-0.05, 0) is 110 Å². The molecule has 5 N–H and O–H groups in total. The second kappa shape index (κ2) is 27.7. The van der Waals surface area contributed by atoms with E-state index in [1.165, 1.54) is 9.80 Å². The van der Waals surface area contributed by atoms with E-state index in [2.05, 4.69) is 34.6 Å². The van der Waals surface area contributed by atoms with Gasteiger partial charge in [-0.3, -0.25) is 24.0 Å². The molecular weight excluding hydrogens is 1010 g/mol. The Morgan fingerprint density at radius 3 is 1.40 bits per heavy atom. The molecule has 0 radical (unpaired) electrons. The van der Waals surface area contributed by atoms with Crippen LogP contribution in [0.15, 0.2) is 97.1 Å². The molecule has 4 heterocycles. The molecule has 70 heavy (non-hydrogen) atoms. The van der Waals surface area contributed by atoms with Crippen LogP contribution in [-0.2, 0) is 33.4 Å². The summed E-state index contributed by atoms with van der Waals surface area (Å²) >= 11 is 21.2. The van der Waals surface area contributed by atoms with Gasteiger partial charge in [0.2, 0.25) is 11.8 Å². The summed E-state index contributed by atoms with van der Waals surface area (Å²) in [4.78, 5) is 92.8. The molecule has 0 spiro atoms. The predicted molar refractivity (Wildman–Crippen MR) is 275 cm³/mol. The number of urea groups is 2. The molecule has 0 aliphatic carbocycles. The number of ketones is 1. The monoisotopic (exact) mass is 1060 g/mol. The van der Waals surface area contributed by atoms with Crippen molar-refractivity contribution in [2.75, 3.05) is 102 Å². The molecule has 8 rings (SSSR count). The van der Waals surface area contributed by atoms with Crippen molar-refractivity contribution in [3.8, 4) is 0 Å². The predicted octanol–water partition coefficient (Wildman–Crippen LogP) is 7.17. The van der Waals surface area contributed by atoms with Crippen molar-refractivity contribution < 1.29 is 48.1 Å². The normalized spacial score (nSPS) is 18.6. The number of benzene rings is 4. The van der Waals surface area contributed by atoms with E-state index in [1.54, 1.807) is 107 Å². The molecule has 3 atom stereocenters. The van der Waals surface area contributed by atoms with Crippen LogP contribution in [0.4, 0.5) is 43.7 Å². The van der Waals surface area contributed by atoms with Gasteiger partial charge in [0.1, 0.15) is 25.3 Å². The lowest BCUT2D eigenvalue weighted by Gasteiger charge is -2.27. The highest BCUT2D eigenvalue weighted by atomic mass is 35.5. The molecule has 4 aliphatic heterocycles. The minimum atomic E-state index is -0.921. The number of morpholine rings is 2. The second-order valence-electron chi connectivity index (χ2n) is 15.7. The lowest BCUT2D eigenvalue weighted by atomic mass is 10.1. The topological polar surface area (TPSA) is 219 Å². The number of nitrogens with one attached hydrogen (secondary N) is 4. The smallest absolute Gasteiger partial charge is 0.322 e. The third kappa shape index (κ3) is 16.2. The van der Waals surface area contributed by atoms with E-state index in [0.29, 0.717) is 64.8 Å². The van der Waals surface area contributed by atoms with Gasteiger partial charge in [0.25, 0.3) is 11.8 Å². The molecule has 0 saturated carbocycles. The Hall–Kier alpha value is -5.56. The zero-order chi connectivity index (χ0) is 50.7. The van der Waals surface area contributed by atoms with Crippen LogP contribution in [0.2, 0.25) is 10.0 Å². The van der Waals surface area contributed by atoms with E-state index in [9.17, 15) is 38.7 Å². The summed E-state index contributed by atoms with van der Waals surface area (Å²) in [5.74, 6) is -1.30. The first-order valence-electron chi connectivity index (χ1n) is 21.8. The molecule has 4 saturated heterocycles. The van der Waals surface area contributed by atoms with E-state index in [0.717, 1.165) is 14.3 Å². The summed E-state index contributed by atoms with van der Waals surface area (Å²) in [5, 5.41) is 22.3. The van der Waals surface area contributed by atoms with Crippen molar-refractivity contribution in [2.45, 2.75) is 31.0 Å². The number of aliphatic hydroxyl groups is 1. The van der Waals surface area contributed by atoms with Gasteiger partial charge < -0.3 is 55.4 Å². The summed E-state index contributed by atoms with van der Waals surface area (Å²) in [6, 6.07) is 24.0. The van der Waals surface area contributed by atoms with Crippen LogP contribution in [0.25, 0.3) is 0 Å². The van der Waals surface area contributed by atoms with Crippen molar-refractivity contribution in [3.05, 3.63) is 107 Å². The van der Waals surface area contributed by atoms with Crippen LogP contribution in [0.3, 0.4) is 0 Å². The number of hydrogen-bond acceptors (Lipinski definition) is 10. The highest BCUT2D eigenvalue weighted by molar-refractivity contribution is 7.35. The van der Waals surface area contributed by atoms with E-state index >= 15 is 0 Å². The molecule has 0 bridgehead atoms. The number of halogens is 4. The molecule has 4 fully saturated rings. The number of aliphatic hydroxyl groups excluding tert-OH is 1. The number of rotatable bonds is 8. The standard InChI is InChI=1S/C22H23ClN4O5.C22H21ClN4O5.C2H7P.CH2Cl2/c2*23-14-1-3-16(4-2-14)25-22(31)27-12-18(28)11-19(27)21(30)24-15-5-7-17(8-6-15)26-9-10-32-13-20(26)29;1-3-2;2-1-3/h1-8,18-19,28H,9-13H2,(H,24,30)(H,25,31);1-8,19H,9-13H2,(H,24,30)(H,25,31);3H,1-2H3;1H2/t18-,19-;19-;;/m11../s1. The summed E-state index contributed by atoms with van der Waals surface area (Å²) in [6.07, 6.45) is -0.711. The summed E-state index contributed by atoms with van der Waals surface area (Å²) in [7, 11) is 1.08. The first kappa shape index (κ1) is 55.4. The molecule has 0 unspecified atom stereocenters. The van der Waals surface area contributed by atoms with Gasteiger partial charge in [-0.15, -0.1) is 31.8 Å². The Labute approximate surface area is 427 Å². The highest BCUT2D eigenvalue weighted by Gasteiger charge is 2.40. The number of carbonyl (C=O) groups is 7. The van der Waals surface area contributed by atoms with Gasteiger partial charge in [0.05, 0.1) is 31.2 Å². The molecule has 8 amide bonds. The van der Waals surface area contributed by atoms with Gasteiger partial charge in [-0.1, -0.05) is 23.2 Å². The number of likely N-dealkylation sites (tertiary alicyclic amines) is 2. The average Bonchev–Trinajstić information content (AvgIpc) is 3.95. The maximum atomic E-state index is 12.9. The number of β-amino-alcohol motifs (C(OH)–C–C–N with tert-alkyl or cyclic N) is 1. The number of alkyl halides is 2. The van der Waals surface area contributed by atoms with Crippen LogP contribution in [0, 0.1) is 0 Å². The Bertz CT molecular complexity index is 2420. The number of Topliss-reactive ketones (excluding diaryl/α,β-unsaturated/α-hetero) is 1. The number of ether oxygens (including phenoxy) is 2. The largest absolute Gasteiger partial charge is 0.391 e. The van der Waals surface area contributed by atoms with E-state index in [1.807, 2.05) is 0 Å². The summed E-state index contributed by atoms with van der Waals surface area (Å²) < 4.78 is 10.3. The quantitative estimate of drug-likeness (QED) is 0.0885. The van der Waals surface area contributed by atoms with Gasteiger partial charge in [-0.2, -0.15) is 0 Å². The van der Waals surface area contributed by atoms with Crippen LogP contribution < -0.4 is 31.1 Å². The Morgan fingerprint density at radius 1 is 0.614 bits per heavy atom. The van der Waals surface area contributed by atoms with Crippen LogP contribution in [-0.4, -0.2) is 146 Å². The number of hydrogen-bond donors (Lipinski definition) is 5. The number of amides is 8. The third-order valence-electron chi connectivity index (χ3n) is 10.6. The number of nitrogens with zero attached hydrogens (tertiary/aromatic N) is 4. The van der Waals surface area contributed by atoms with Crippen LogP contribution >= 0.6 is 55.0 Å². The zero-order valence-corrected chi connectivity index (χ0v) is 42.2. The van der Waals surface area contributed by atoms with E-state index in [-0.39, 0.29) is 62.1 Å². The fourth-order valence-electron chi connectivity index (χ4n) is 7.36. The van der Waals surface area contributed by atoms with Crippen molar-refractivity contribution in [3.63, 3.8) is 0 Å². The van der Waals surface area contributed by atoms with Gasteiger partial charge >= 0.3 is 12.1 Å². The maximum Gasteiger partial charge on any atom is 0.322 e. The first-order chi connectivity index (χ1) is 33.6. The van der Waals surface area contributed by atoms with Gasteiger partial charge in [-0.25, -0.2) is 9.59 Å². The van der Waals surface area contributed by atoms with Crippen molar-refractivity contribution in [1.29, 1.82) is 0 Å². The minimum absolute atomic E-state index is 0.0438. The lowest BCUT2D eigenvalue weighted by Crippen LogP contribution is -2.45. The Kier molecular flexibility index (Phi) is 21.9. The third-order valence-corrected chi connectivity index (χ3v) is 11.1. The summed E-state index contributed by atoms with van der Waals surface area (Å²) in [6.45, 7) is 6.19. The van der Waals surface area contributed by atoms with Crippen molar-refractivity contribution >= 4 is 131 Å². The molecule has 4 aliphatic rings. The SMILES string of the molecule is CPC.ClCCl.O=C(Nc1ccc(N2CCOCC2=O)cc1)[C@H]1C[C@@H](O)CN1C(=O)Nc1ccc(Cl)cc1.O=C1C[C@H](C(=O)Nc2ccc(N3CCOCC3=O)cc2)N(C(=O)Nc2ccc(Cl)cc2)C1. The van der Waals surface area contributed by atoms with Crippen molar-refractivity contribution in [2.24, 2.45) is 0 Å². The Balaban J connectivity index is 0.000000235. The van der Waals surface area contributed by atoms with E-state index < -0.39 is 42.1 Å². The van der Waals surface area contributed by atoms with Crippen LogP contribution in [0.1, 0.15) is 12.8 Å². The summed E-state index contributed by atoms with van der Waals surface area (Å²) in [5.41, 5.74) is 3.49. The molecule has 4 aromatic rings. The molecule has 4 aromatic carbocycles. The fraction of sp³-hybridized carbons (Fsp3) is 0.340. The van der Waals surface area contributed by atoms with Gasteiger partial charge in [0, 0.05) is 76.6 Å². The minimum Gasteiger partial charge on any atom is -0.391 e. The first-order valence-corrected chi connectivity index (χ1v) is 25.6. The maximum absolute atomic E-state index is 12.9. The number of anilines is 6. The zero-order valence-electron chi connectivity index (χ0n) is 38.2. The average molecular weight is 1060 g/mol. The highest BCUT2D eigenvalue weighted by Crippen LogP contribution is 2.26. The lowest BCUT2D eigenvalue weighted by molar-refractivity contribution is -0.126. The number of carbonyl (C=O) groups excluding carboxylic acids is 7. The van der Waals surface area contributed by atoms with Crippen molar-refractivity contribution in [1.82, 2.24) is 9.80 Å². The van der Waals surface area contributed by atoms with Gasteiger partial charge in [0.15, 0.2) is 5.78 Å². The fourth-order valence-corrected chi connectivity index (χ4v) is 7.62. The Morgan fingerprint density at radius 2 is 0.986 bits per heavy atom. The van der Waals surface area contributed by atoms with E-state index in [4.69, 9.17) is 55.9 Å². The molecule has 18 nitrogen and oxygen atoms in total. The molecule has 23 heteroatoms. The van der Waals surface area contributed by atoms with Crippen LogP contribution in [0.5, 0.6) is 0 Å². The molecule has 374 valence electrons. The molecule has 0 aromatic heterocycles. The molecular formula is C47H53Cl4N8O10P. The second-order valence-corrected chi connectivity index (χ2v) is 18.4.